The number of methoxy groups -OCH3 is 1. The molecule has 0 aromatic heterocycles. The number of morpholine rings is 1. The average Bonchev–Trinajstić information content (AvgIpc) is 3.67. The topological polar surface area (TPSA) is 86.8 Å². The molecule has 2 atom stereocenters. The lowest BCUT2D eigenvalue weighted by Crippen LogP contribution is -2.54. The van der Waals surface area contributed by atoms with Crippen molar-refractivity contribution in [3.63, 3.8) is 0 Å². The zero-order valence-electron chi connectivity index (χ0n) is 22.6. The molecule has 1 aromatic carbocycles. The Balaban J connectivity index is 1.74. The number of benzene rings is 1. The summed E-state index contributed by atoms with van der Waals surface area (Å²) in [5, 5.41) is 0. The monoisotopic (exact) mass is 506 g/mol. The fraction of sp³-hybridized carbons (Fsp3) is 0.704. The molecule has 202 valence electrons. The first-order chi connectivity index (χ1) is 17.1. The lowest BCUT2D eigenvalue weighted by Gasteiger charge is -2.38. The molecule has 1 aliphatic heterocycles. The summed E-state index contributed by atoms with van der Waals surface area (Å²) in [6.45, 7) is 12.0. The fourth-order valence-electron chi connectivity index (χ4n) is 4.22. The maximum absolute atomic E-state index is 13.7. The van der Waals surface area contributed by atoms with E-state index >= 15 is 0 Å². The van der Waals surface area contributed by atoms with E-state index in [0.717, 1.165) is 24.8 Å². The highest BCUT2D eigenvalue weighted by Gasteiger charge is 2.42. The summed E-state index contributed by atoms with van der Waals surface area (Å²) in [5.74, 6) is 1.24. The van der Waals surface area contributed by atoms with E-state index in [1.54, 1.807) is 12.0 Å². The Morgan fingerprint density at radius 1 is 1.17 bits per heavy atom. The van der Waals surface area contributed by atoms with Crippen LogP contribution in [0.25, 0.3) is 0 Å². The normalized spacial score (nSPS) is 18.9. The first kappa shape index (κ1) is 28.1. The van der Waals surface area contributed by atoms with Crippen molar-refractivity contribution in [3.05, 3.63) is 23.8 Å². The molecule has 0 bridgehead atoms. The number of nitrogens with zero attached hydrogens (tertiary/aromatic N) is 2. The molecular weight excluding hydrogens is 464 g/mol. The van der Waals surface area contributed by atoms with Crippen LogP contribution in [-0.2, 0) is 19.0 Å². The summed E-state index contributed by atoms with van der Waals surface area (Å²) in [7, 11) is 1.67. The van der Waals surface area contributed by atoms with Crippen molar-refractivity contribution in [2.45, 2.75) is 77.7 Å². The maximum Gasteiger partial charge on any atom is 0.410 e. The minimum Gasteiger partial charge on any atom is -0.490 e. The number of hydrogen-bond donors (Lipinski definition) is 0. The van der Waals surface area contributed by atoms with Crippen LogP contribution in [0.5, 0.6) is 11.5 Å². The van der Waals surface area contributed by atoms with Crippen molar-refractivity contribution in [3.8, 4) is 11.5 Å². The van der Waals surface area contributed by atoms with E-state index in [1.165, 1.54) is 0 Å². The summed E-state index contributed by atoms with van der Waals surface area (Å²) in [5.41, 5.74) is 0.362. The summed E-state index contributed by atoms with van der Waals surface area (Å²) in [6, 6.07) is 5.81. The third-order valence-electron chi connectivity index (χ3n) is 6.11. The fourth-order valence-corrected chi connectivity index (χ4v) is 4.22. The van der Waals surface area contributed by atoms with Gasteiger partial charge in [-0.15, -0.1) is 0 Å². The van der Waals surface area contributed by atoms with Gasteiger partial charge < -0.3 is 33.5 Å². The Morgan fingerprint density at radius 3 is 2.56 bits per heavy atom. The number of amides is 2. The van der Waals surface area contributed by atoms with Crippen LogP contribution in [0.3, 0.4) is 0 Å². The molecule has 1 saturated carbocycles. The van der Waals surface area contributed by atoms with Gasteiger partial charge >= 0.3 is 6.09 Å². The Bertz CT molecular complexity index is 881. The van der Waals surface area contributed by atoms with Crippen LogP contribution in [0.2, 0.25) is 0 Å². The number of carbonyl (C=O) groups excluding carboxylic acids is 2. The predicted molar refractivity (Wildman–Crippen MR) is 135 cm³/mol. The molecule has 1 heterocycles. The second-order valence-electron chi connectivity index (χ2n) is 10.3. The van der Waals surface area contributed by atoms with Crippen molar-refractivity contribution in [2.24, 2.45) is 0 Å². The Hall–Kier alpha value is -2.52. The van der Waals surface area contributed by atoms with Gasteiger partial charge in [-0.05, 0) is 65.2 Å². The lowest BCUT2D eigenvalue weighted by molar-refractivity contribution is -0.151. The van der Waals surface area contributed by atoms with Crippen LogP contribution in [0.1, 0.15) is 65.5 Å². The van der Waals surface area contributed by atoms with Gasteiger partial charge in [-0.1, -0.05) is 6.07 Å². The van der Waals surface area contributed by atoms with Crippen LogP contribution in [0, 0.1) is 0 Å². The average molecular weight is 507 g/mol. The third-order valence-corrected chi connectivity index (χ3v) is 6.11. The third kappa shape index (κ3) is 7.74. The molecule has 9 nitrogen and oxygen atoms in total. The zero-order valence-corrected chi connectivity index (χ0v) is 22.6. The molecule has 0 spiro atoms. The van der Waals surface area contributed by atoms with Crippen molar-refractivity contribution in [1.29, 1.82) is 0 Å². The Kier molecular flexibility index (Phi) is 9.84. The molecule has 0 unspecified atom stereocenters. The van der Waals surface area contributed by atoms with Crippen molar-refractivity contribution in [1.82, 2.24) is 9.80 Å². The number of ether oxygens (including phenoxy) is 5. The molecule has 0 radical (unpaired) electrons. The van der Waals surface area contributed by atoms with Crippen molar-refractivity contribution in [2.75, 3.05) is 46.6 Å². The summed E-state index contributed by atoms with van der Waals surface area (Å²) < 4.78 is 28.2. The zero-order chi connectivity index (χ0) is 26.3. The van der Waals surface area contributed by atoms with Gasteiger partial charge in [-0.25, -0.2) is 4.79 Å². The van der Waals surface area contributed by atoms with Crippen molar-refractivity contribution < 1.29 is 33.3 Å². The van der Waals surface area contributed by atoms with Crippen LogP contribution in [0.15, 0.2) is 18.2 Å². The smallest absolute Gasteiger partial charge is 0.410 e. The summed E-state index contributed by atoms with van der Waals surface area (Å²) in [6.07, 6.45) is 1.53. The standard InChI is InChI=1S/C27H42N2O7/c1-7-33-22-12-9-20(17-23(22)34-15-8-14-32-6)19(2)29(21-10-11-21)25(30)24-18-28(13-16-35-24)26(31)36-27(3,4)5/h9,12,17,19,21,24H,7-8,10-11,13-16,18H2,1-6H3/t19-,24-/m1/s1. The van der Waals surface area contributed by atoms with Crippen LogP contribution in [-0.4, -0.2) is 86.2 Å². The van der Waals surface area contributed by atoms with E-state index in [1.807, 2.05) is 57.7 Å². The van der Waals surface area contributed by atoms with Gasteiger partial charge in [0.1, 0.15) is 5.60 Å². The SMILES string of the molecule is CCOc1ccc([C@@H](C)N(C(=O)[C@H]2CN(C(=O)OC(C)(C)C)CCO2)C2CC2)cc1OCCCOC. The van der Waals surface area contributed by atoms with E-state index in [9.17, 15) is 9.59 Å². The molecule has 2 aliphatic rings. The van der Waals surface area contributed by atoms with E-state index in [-0.39, 0.29) is 24.5 Å². The number of rotatable bonds is 11. The molecule has 2 amide bonds. The first-order valence-corrected chi connectivity index (χ1v) is 12.9. The van der Waals surface area contributed by atoms with Gasteiger partial charge in [0.15, 0.2) is 17.6 Å². The second-order valence-corrected chi connectivity index (χ2v) is 10.3. The quantitative estimate of drug-likeness (QED) is 0.416. The summed E-state index contributed by atoms with van der Waals surface area (Å²) >= 11 is 0. The van der Waals surface area contributed by atoms with Crippen LogP contribution in [0.4, 0.5) is 4.79 Å². The molecule has 36 heavy (non-hydrogen) atoms. The molecular formula is C27H42N2O7. The molecule has 9 heteroatoms. The first-order valence-electron chi connectivity index (χ1n) is 12.9. The van der Waals surface area contributed by atoms with Gasteiger partial charge in [0.2, 0.25) is 0 Å². The van der Waals surface area contributed by atoms with E-state index in [0.29, 0.717) is 44.5 Å². The van der Waals surface area contributed by atoms with E-state index < -0.39 is 17.8 Å². The molecule has 1 saturated heterocycles. The minimum atomic E-state index is -0.721. The Labute approximate surface area is 214 Å². The molecule has 1 aliphatic carbocycles. The van der Waals surface area contributed by atoms with E-state index in [4.69, 9.17) is 23.7 Å². The van der Waals surface area contributed by atoms with Gasteiger partial charge in [0, 0.05) is 32.7 Å². The largest absolute Gasteiger partial charge is 0.490 e. The van der Waals surface area contributed by atoms with Gasteiger partial charge in [0.25, 0.3) is 5.91 Å². The van der Waals surface area contributed by atoms with Gasteiger partial charge in [-0.3, -0.25) is 4.79 Å². The van der Waals surface area contributed by atoms with E-state index in [2.05, 4.69) is 0 Å². The molecule has 0 N–H and O–H groups in total. The van der Waals surface area contributed by atoms with Crippen LogP contribution < -0.4 is 9.47 Å². The van der Waals surface area contributed by atoms with Gasteiger partial charge in [0.05, 0.1) is 32.4 Å². The summed E-state index contributed by atoms with van der Waals surface area (Å²) in [4.78, 5) is 29.8. The maximum atomic E-state index is 13.7. The highest BCUT2D eigenvalue weighted by atomic mass is 16.6. The second kappa shape index (κ2) is 12.6. The minimum absolute atomic E-state index is 0.102. The van der Waals surface area contributed by atoms with Gasteiger partial charge in [-0.2, -0.15) is 0 Å². The molecule has 3 rings (SSSR count). The van der Waals surface area contributed by atoms with Crippen molar-refractivity contribution >= 4 is 12.0 Å². The lowest BCUT2D eigenvalue weighted by atomic mass is 10.0. The number of carbonyl (C=O) groups is 2. The molecule has 1 aromatic rings. The molecule has 2 fully saturated rings. The predicted octanol–water partition coefficient (Wildman–Crippen LogP) is 4.19. The Morgan fingerprint density at radius 2 is 1.92 bits per heavy atom. The van der Waals surface area contributed by atoms with Crippen LogP contribution >= 0.6 is 0 Å². The number of hydrogen-bond acceptors (Lipinski definition) is 7. The highest BCUT2D eigenvalue weighted by molar-refractivity contribution is 5.83. The highest BCUT2D eigenvalue weighted by Crippen LogP contribution is 2.38.